The standard InChI is InChI=1S/C11H15ClN2/c1-7-4-9(5-7)14-11-3-2-8(13)6-10(11)12/h2-3,6-7,9,14H,4-5,13H2,1H3. The Morgan fingerprint density at radius 2 is 2.14 bits per heavy atom. The van der Waals surface area contributed by atoms with Gasteiger partial charge in [-0.2, -0.15) is 0 Å². The van der Waals surface area contributed by atoms with Gasteiger partial charge in [0.15, 0.2) is 0 Å². The molecule has 0 radical (unpaired) electrons. The van der Waals surface area contributed by atoms with Crippen molar-refractivity contribution in [3.8, 4) is 0 Å². The third-order valence-electron chi connectivity index (χ3n) is 2.73. The van der Waals surface area contributed by atoms with E-state index < -0.39 is 0 Å². The summed E-state index contributed by atoms with van der Waals surface area (Å²) in [6, 6.07) is 6.19. The number of nitrogens with two attached hydrogens (primary N) is 1. The fourth-order valence-electron chi connectivity index (χ4n) is 1.89. The van der Waals surface area contributed by atoms with Crippen LogP contribution in [0.5, 0.6) is 0 Å². The first kappa shape index (κ1) is 9.66. The zero-order valence-corrected chi connectivity index (χ0v) is 9.01. The molecule has 1 fully saturated rings. The normalized spacial score (nSPS) is 25.6. The van der Waals surface area contributed by atoms with Gasteiger partial charge >= 0.3 is 0 Å². The van der Waals surface area contributed by atoms with Gasteiger partial charge in [-0.05, 0) is 37.0 Å². The van der Waals surface area contributed by atoms with Crippen LogP contribution in [-0.4, -0.2) is 6.04 Å². The molecule has 3 heteroatoms. The van der Waals surface area contributed by atoms with Crippen molar-refractivity contribution in [1.82, 2.24) is 0 Å². The van der Waals surface area contributed by atoms with E-state index in [1.807, 2.05) is 12.1 Å². The molecule has 2 rings (SSSR count). The van der Waals surface area contributed by atoms with Gasteiger partial charge in [-0.1, -0.05) is 18.5 Å². The third-order valence-corrected chi connectivity index (χ3v) is 3.04. The van der Waals surface area contributed by atoms with Crippen LogP contribution < -0.4 is 11.1 Å². The molecule has 0 amide bonds. The highest BCUT2D eigenvalue weighted by atomic mass is 35.5. The Morgan fingerprint density at radius 1 is 1.43 bits per heavy atom. The molecule has 0 aliphatic heterocycles. The number of hydrogen-bond donors (Lipinski definition) is 2. The van der Waals surface area contributed by atoms with Gasteiger partial charge in [-0.15, -0.1) is 0 Å². The lowest BCUT2D eigenvalue weighted by Crippen LogP contribution is -2.33. The second-order valence-electron chi connectivity index (χ2n) is 4.16. The van der Waals surface area contributed by atoms with Gasteiger partial charge in [0.05, 0.1) is 10.7 Å². The first-order valence-corrected chi connectivity index (χ1v) is 5.34. The lowest BCUT2D eigenvalue weighted by molar-refractivity contribution is 0.309. The molecule has 0 bridgehead atoms. The van der Waals surface area contributed by atoms with Crippen LogP contribution >= 0.6 is 11.6 Å². The summed E-state index contributed by atoms with van der Waals surface area (Å²) < 4.78 is 0. The minimum Gasteiger partial charge on any atom is -0.399 e. The number of benzene rings is 1. The highest BCUT2D eigenvalue weighted by molar-refractivity contribution is 6.33. The Labute approximate surface area is 89.4 Å². The minimum absolute atomic E-state index is 0.589. The van der Waals surface area contributed by atoms with Crippen LogP contribution in [0, 0.1) is 5.92 Å². The molecule has 0 spiro atoms. The Bertz CT molecular complexity index is 332. The Morgan fingerprint density at radius 3 is 2.71 bits per heavy atom. The van der Waals surface area contributed by atoms with E-state index in [0.29, 0.717) is 16.8 Å². The lowest BCUT2D eigenvalue weighted by atomic mass is 9.82. The van der Waals surface area contributed by atoms with Crippen molar-refractivity contribution in [2.75, 3.05) is 11.1 Å². The Hall–Kier alpha value is -0.890. The van der Waals surface area contributed by atoms with E-state index in [2.05, 4.69) is 12.2 Å². The smallest absolute Gasteiger partial charge is 0.0658 e. The summed E-state index contributed by atoms with van der Waals surface area (Å²) in [6.45, 7) is 2.27. The molecule has 1 saturated carbocycles. The number of halogens is 1. The molecule has 0 heterocycles. The first-order chi connectivity index (χ1) is 6.65. The van der Waals surface area contributed by atoms with Gasteiger partial charge in [0.25, 0.3) is 0 Å². The number of hydrogen-bond acceptors (Lipinski definition) is 2. The average Bonchev–Trinajstić information content (AvgIpc) is 2.06. The summed E-state index contributed by atoms with van der Waals surface area (Å²) in [6.07, 6.45) is 2.47. The molecule has 14 heavy (non-hydrogen) atoms. The molecule has 0 saturated heterocycles. The SMILES string of the molecule is CC1CC(Nc2ccc(N)cc2Cl)C1. The van der Waals surface area contributed by atoms with Crippen LogP contribution in [0.2, 0.25) is 5.02 Å². The summed E-state index contributed by atoms with van der Waals surface area (Å²) >= 11 is 6.05. The summed E-state index contributed by atoms with van der Waals surface area (Å²) in [4.78, 5) is 0. The zero-order valence-electron chi connectivity index (χ0n) is 8.26. The fraction of sp³-hybridized carbons (Fsp3) is 0.455. The molecule has 1 aromatic rings. The predicted octanol–water partition coefficient (Wildman–Crippen LogP) is 3.13. The van der Waals surface area contributed by atoms with E-state index in [1.165, 1.54) is 12.8 Å². The Kier molecular flexibility index (Phi) is 2.55. The van der Waals surface area contributed by atoms with Crippen LogP contribution in [0.4, 0.5) is 11.4 Å². The molecule has 76 valence electrons. The summed E-state index contributed by atoms with van der Waals surface area (Å²) in [5, 5.41) is 4.13. The highest BCUT2D eigenvalue weighted by Crippen LogP contribution is 2.32. The topological polar surface area (TPSA) is 38.0 Å². The molecule has 3 N–H and O–H groups in total. The molecule has 2 nitrogen and oxygen atoms in total. The van der Waals surface area contributed by atoms with Crippen molar-refractivity contribution in [1.29, 1.82) is 0 Å². The van der Waals surface area contributed by atoms with E-state index in [1.54, 1.807) is 6.07 Å². The number of nitrogens with one attached hydrogen (secondary N) is 1. The number of nitrogen functional groups attached to an aromatic ring is 1. The van der Waals surface area contributed by atoms with Gasteiger partial charge in [0, 0.05) is 11.7 Å². The average molecular weight is 211 g/mol. The molecule has 0 unspecified atom stereocenters. The zero-order chi connectivity index (χ0) is 10.1. The van der Waals surface area contributed by atoms with Crippen molar-refractivity contribution in [3.63, 3.8) is 0 Å². The molecule has 1 aliphatic carbocycles. The molecular weight excluding hydrogens is 196 g/mol. The molecule has 1 aromatic carbocycles. The maximum atomic E-state index is 6.05. The quantitative estimate of drug-likeness (QED) is 0.737. The fourth-order valence-corrected chi connectivity index (χ4v) is 2.13. The number of rotatable bonds is 2. The number of anilines is 2. The van der Waals surface area contributed by atoms with E-state index in [-0.39, 0.29) is 0 Å². The lowest BCUT2D eigenvalue weighted by Gasteiger charge is -2.34. The maximum absolute atomic E-state index is 6.05. The molecule has 0 aromatic heterocycles. The van der Waals surface area contributed by atoms with Gasteiger partial charge in [0.1, 0.15) is 0 Å². The highest BCUT2D eigenvalue weighted by Gasteiger charge is 2.25. The third kappa shape index (κ3) is 1.95. The monoisotopic (exact) mass is 210 g/mol. The molecule has 0 atom stereocenters. The van der Waals surface area contributed by atoms with Crippen LogP contribution in [0.15, 0.2) is 18.2 Å². The summed E-state index contributed by atoms with van der Waals surface area (Å²) in [5.74, 6) is 0.847. The van der Waals surface area contributed by atoms with Gasteiger partial charge < -0.3 is 11.1 Å². The minimum atomic E-state index is 0.589. The second kappa shape index (κ2) is 3.70. The van der Waals surface area contributed by atoms with Crippen LogP contribution in [0.3, 0.4) is 0 Å². The van der Waals surface area contributed by atoms with E-state index in [9.17, 15) is 0 Å². The van der Waals surface area contributed by atoms with Crippen molar-refractivity contribution in [3.05, 3.63) is 23.2 Å². The van der Waals surface area contributed by atoms with Crippen molar-refractivity contribution < 1.29 is 0 Å². The van der Waals surface area contributed by atoms with Crippen LogP contribution in [0.1, 0.15) is 19.8 Å². The first-order valence-electron chi connectivity index (χ1n) is 4.96. The predicted molar refractivity (Wildman–Crippen MR) is 61.7 cm³/mol. The van der Waals surface area contributed by atoms with Crippen LogP contribution in [0.25, 0.3) is 0 Å². The van der Waals surface area contributed by atoms with Crippen molar-refractivity contribution >= 4 is 23.0 Å². The van der Waals surface area contributed by atoms with Crippen molar-refractivity contribution in [2.24, 2.45) is 5.92 Å². The Balaban J connectivity index is 2.02. The van der Waals surface area contributed by atoms with Gasteiger partial charge in [-0.3, -0.25) is 0 Å². The second-order valence-corrected chi connectivity index (χ2v) is 4.56. The summed E-state index contributed by atoms with van der Waals surface area (Å²) in [7, 11) is 0. The van der Waals surface area contributed by atoms with E-state index in [0.717, 1.165) is 11.6 Å². The van der Waals surface area contributed by atoms with E-state index >= 15 is 0 Å². The van der Waals surface area contributed by atoms with Gasteiger partial charge in [-0.25, -0.2) is 0 Å². The molecule has 1 aliphatic rings. The van der Waals surface area contributed by atoms with E-state index in [4.69, 9.17) is 17.3 Å². The van der Waals surface area contributed by atoms with Crippen LogP contribution in [-0.2, 0) is 0 Å². The summed E-state index contributed by atoms with van der Waals surface area (Å²) in [5.41, 5.74) is 7.32. The largest absolute Gasteiger partial charge is 0.399 e. The van der Waals surface area contributed by atoms with Crippen molar-refractivity contribution in [2.45, 2.75) is 25.8 Å². The van der Waals surface area contributed by atoms with Gasteiger partial charge in [0.2, 0.25) is 0 Å². The maximum Gasteiger partial charge on any atom is 0.0658 e. The molecular formula is C11H15ClN2.